The molecule has 4 rings (SSSR count). The van der Waals surface area contributed by atoms with Crippen LogP contribution in [0.3, 0.4) is 0 Å². The molecular formula is C31H23F5. The maximum atomic E-state index is 14.7. The fraction of sp³-hybridized carbons (Fsp3) is 0.161. The van der Waals surface area contributed by atoms with Crippen molar-refractivity contribution in [2.24, 2.45) is 0 Å². The Morgan fingerprint density at radius 1 is 0.639 bits per heavy atom. The molecule has 0 fully saturated rings. The maximum Gasteiger partial charge on any atom is 0.142 e. The number of hydrogen-bond donors (Lipinski definition) is 0. The van der Waals surface area contributed by atoms with E-state index in [1.165, 1.54) is 24.3 Å². The Balaban J connectivity index is 1.49. The van der Waals surface area contributed by atoms with E-state index in [0.717, 1.165) is 17.5 Å². The molecule has 0 atom stereocenters. The number of fused-ring (bicyclic) bond motifs is 1. The zero-order chi connectivity index (χ0) is 25.7. The molecule has 0 aliphatic rings. The molecule has 0 amide bonds. The van der Waals surface area contributed by atoms with Crippen LogP contribution in [0.4, 0.5) is 22.0 Å². The van der Waals surface area contributed by atoms with Crippen LogP contribution in [0, 0.1) is 40.9 Å². The van der Waals surface area contributed by atoms with Gasteiger partial charge in [-0.3, -0.25) is 0 Å². The Bertz CT molecular complexity index is 1460. The quantitative estimate of drug-likeness (QED) is 0.145. The van der Waals surface area contributed by atoms with E-state index in [9.17, 15) is 22.0 Å². The van der Waals surface area contributed by atoms with Crippen LogP contribution in [0.15, 0.2) is 72.8 Å². The largest absolute Gasteiger partial charge is 0.207 e. The minimum absolute atomic E-state index is 0.0333. The first-order chi connectivity index (χ1) is 17.3. The van der Waals surface area contributed by atoms with Gasteiger partial charge in [0.1, 0.15) is 29.1 Å². The Labute approximate surface area is 207 Å². The SMILES string of the molecule is C/C=C/CCc1cc(F)c(CCc2cc(F)c(C#Cc3ccc4cc(F)ccc4c3)c(F)c2)c(F)c1. The normalized spacial score (nSPS) is 11.2. The highest BCUT2D eigenvalue weighted by Gasteiger charge is 2.14. The van der Waals surface area contributed by atoms with Crippen molar-refractivity contribution in [2.75, 3.05) is 0 Å². The van der Waals surface area contributed by atoms with E-state index in [2.05, 4.69) is 11.8 Å². The third kappa shape index (κ3) is 6.01. The fourth-order valence-electron chi connectivity index (χ4n) is 4.04. The molecule has 0 unspecified atom stereocenters. The first kappa shape index (κ1) is 25.2. The number of aryl methyl sites for hydroxylation is 2. The first-order valence-electron chi connectivity index (χ1n) is 11.6. The average Bonchev–Trinajstić information content (AvgIpc) is 2.83. The molecule has 182 valence electrons. The molecule has 0 saturated carbocycles. The molecule has 0 aliphatic carbocycles. The lowest BCUT2D eigenvalue weighted by atomic mass is 9.99. The van der Waals surface area contributed by atoms with Crippen molar-refractivity contribution < 1.29 is 22.0 Å². The van der Waals surface area contributed by atoms with Gasteiger partial charge in [-0.25, -0.2) is 22.0 Å². The lowest BCUT2D eigenvalue weighted by Gasteiger charge is -2.09. The van der Waals surface area contributed by atoms with Gasteiger partial charge in [-0.2, -0.15) is 0 Å². The smallest absolute Gasteiger partial charge is 0.142 e. The molecule has 0 aromatic heterocycles. The number of hydrogen-bond acceptors (Lipinski definition) is 0. The molecule has 36 heavy (non-hydrogen) atoms. The van der Waals surface area contributed by atoms with Gasteiger partial charge < -0.3 is 0 Å². The van der Waals surface area contributed by atoms with Crippen molar-refractivity contribution in [3.8, 4) is 11.8 Å². The lowest BCUT2D eigenvalue weighted by molar-refractivity contribution is 0.549. The highest BCUT2D eigenvalue weighted by molar-refractivity contribution is 5.84. The highest BCUT2D eigenvalue weighted by Crippen LogP contribution is 2.22. The molecule has 0 aliphatic heterocycles. The highest BCUT2D eigenvalue weighted by atomic mass is 19.1. The molecule has 0 heterocycles. The molecule has 0 bridgehead atoms. The zero-order valence-corrected chi connectivity index (χ0v) is 19.6. The van der Waals surface area contributed by atoms with E-state index in [4.69, 9.17) is 0 Å². The summed E-state index contributed by atoms with van der Waals surface area (Å²) in [6, 6.07) is 14.3. The van der Waals surface area contributed by atoms with Gasteiger partial charge in [0.25, 0.3) is 0 Å². The summed E-state index contributed by atoms with van der Waals surface area (Å²) in [5.74, 6) is 1.89. The van der Waals surface area contributed by atoms with Gasteiger partial charge in [-0.1, -0.05) is 36.1 Å². The van der Waals surface area contributed by atoms with Gasteiger partial charge >= 0.3 is 0 Å². The molecule has 0 saturated heterocycles. The van der Waals surface area contributed by atoms with E-state index in [1.54, 1.807) is 24.3 Å². The number of halogens is 5. The second kappa shape index (κ2) is 11.2. The molecule has 0 nitrogen and oxygen atoms in total. The summed E-state index contributed by atoms with van der Waals surface area (Å²) in [4.78, 5) is 0. The van der Waals surface area contributed by atoms with Crippen LogP contribution in [0.1, 0.15) is 41.2 Å². The van der Waals surface area contributed by atoms with Crippen molar-refractivity contribution in [3.63, 3.8) is 0 Å². The van der Waals surface area contributed by atoms with Crippen molar-refractivity contribution >= 4 is 10.8 Å². The van der Waals surface area contributed by atoms with Gasteiger partial charge in [0, 0.05) is 11.1 Å². The van der Waals surface area contributed by atoms with Crippen LogP contribution in [0.2, 0.25) is 0 Å². The molecule has 0 radical (unpaired) electrons. The molecule has 4 aromatic carbocycles. The van der Waals surface area contributed by atoms with Crippen LogP contribution < -0.4 is 0 Å². The Kier molecular flexibility index (Phi) is 7.85. The average molecular weight is 491 g/mol. The van der Waals surface area contributed by atoms with E-state index in [1.807, 2.05) is 19.1 Å². The predicted octanol–water partition coefficient (Wildman–Crippen LogP) is 8.23. The summed E-state index contributed by atoms with van der Waals surface area (Å²) in [6.45, 7) is 1.88. The van der Waals surface area contributed by atoms with E-state index < -0.39 is 23.3 Å². The van der Waals surface area contributed by atoms with Crippen LogP contribution in [0.5, 0.6) is 0 Å². The van der Waals surface area contributed by atoms with E-state index in [-0.39, 0.29) is 35.3 Å². The topological polar surface area (TPSA) is 0 Å². The predicted molar refractivity (Wildman–Crippen MR) is 133 cm³/mol. The number of rotatable bonds is 6. The molecule has 4 aromatic rings. The van der Waals surface area contributed by atoms with E-state index >= 15 is 0 Å². The van der Waals surface area contributed by atoms with Gasteiger partial charge in [0.05, 0.1) is 5.56 Å². The monoisotopic (exact) mass is 490 g/mol. The third-order valence-corrected chi connectivity index (χ3v) is 5.94. The number of allylic oxidation sites excluding steroid dienone is 2. The minimum atomic E-state index is -0.847. The van der Waals surface area contributed by atoms with Gasteiger partial charge in [-0.15, -0.1) is 0 Å². The van der Waals surface area contributed by atoms with Crippen molar-refractivity contribution in [3.05, 3.63) is 130 Å². The number of benzene rings is 4. The first-order valence-corrected chi connectivity index (χ1v) is 11.6. The van der Waals surface area contributed by atoms with Crippen LogP contribution >= 0.6 is 0 Å². The third-order valence-electron chi connectivity index (χ3n) is 5.94. The lowest BCUT2D eigenvalue weighted by Crippen LogP contribution is -2.02. The van der Waals surface area contributed by atoms with E-state index in [0.29, 0.717) is 29.4 Å². The van der Waals surface area contributed by atoms with Gasteiger partial charge in [0.2, 0.25) is 0 Å². The fourth-order valence-corrected chi connectivity index (χ4v) is 4.04. The Morgan fingerprint density at radius 3 is 1.94 bits per heavy atom. The standard InChI is InChI=1S/C31H23F5/c1-2-3-4-5-21-15-28(33)27(29(34)16-21)13-8-22-17-30(35)26(31(36)18-22)12-7-20-6-9-24-19-25(32)11-10-23(24)14-20/h2-3,6,9-11,14-19H,4-5,8,13H2,1H3/b3-2+. The summed E-state index contributed by atoms with van der Waals surface area (Å²) in [6.07, 6.45) is 5.04. The van der Waals surface area contributed by atoms with Gasteiger partial charge in [0.15, 0.2) is 0 Å². The van der Waals surface area contributed by atoms with Crippen LogP contribution in [-0.2, 0) is 19.3 Å². The summed E-state index contributed by atoms with van der Waals surface area (Å²) in [5, 5.41) is 1.45. The second-order valence-electron chi connectivity index (χ2n) is 8.54. The van der Waals surface area contributed by atoms with Crippen molar-refractivity contribution in [1.29, 1.82) is 0 Å². The molecule has 0 spiro atoms. The summed E-state index contributed by atoms with van der Waals surface area (Å²) >= 11 is 0. The van der Waals surface area contributed by atoms with Crippen LogP contribution in [-0.4, -0.2) is 0 Å². The summed E-state index contributed by atoms with van der Waals surface area (Å²) < 4.78 is 71.6. The summed E-state index contributed by atoms with van der Waals surface area (Å²) in [5.41, 5.74) is 0.869. The maximum absolute atomic E-state index is 14.7. The van der Waals surface area contributed by atoms with Crippen molar-refractivity contribution in [2.45, 2.75) is 32.6 Å². The second-order valence-corrected chi connectivity index (χ2v) is 8.54. The minimum Gasteiger partial charge on any atom is -0.207 e. The molecule has 0 N–H and O–H groups in total. The summed E-state index contributed by atoms with van der Waals surface area (Å²) in [7, 11) is 0. The van der Waals surface area contributed by atoms with Gasteiger partial charge in [-0.05, 0) is 103 Å². The molecule has 5 heteroatoms. The Hall–Kier alpha value is -3.91. The molecular weight excluding hydrogens is 467 g/mol. The Morgan fingerprint density at radius 2 is 1.25 bits per heavy atom. The van der Waals surface area contributed by atoms with Crippen molar-refractivity contribution in [1.82, 2.24) is 0 Å². The zero-order valence-electron chi connectivity index (χ0n) is 19.6. The van der Waals surface area contributed by atoms with Crippen LogP contribution in [0.25, 0.3) is 10.8 Å².